The lowest BCUT2D eigenvalue weighted by Crippen LogP contribution is -2.47. The molecule has 1 N–H and O–H groups in total. The molecule has 1 unspecified atom stereocenters. The Labute approximate surface area is 170 Å². The monoisotopic (exact) mass is 387 g/mol. The Hall–Kier alpha value is -1.59. The van der Waals surface area contributed by atoms with E-state index in [2.05, 4.69) is 47.5 Å². The number of ether oxygens (including phenoxy) is 2. The molecule has 1 aromatic carbocycles. The molecule has 2 heterocycles. The summed E-state index contributed by atoms with van der Waals surface area (Å²) in [5, 5.41) is 3.46. The largest absolute Gasteiger partial charge is 0.376 e. The molecule has 0 saturated carbocycles. The molecule has 28 heavy (non-hydrogen) atoms. The van der Waals surface area contributed by atoms with Crippen LogP contribution in [-0.4, -0.2) is 62.5 Å². The summed E-state index contributed by atoms with van der Waals surface area (Å²) in [6.07, 6.45) is 8.62. The zero-order valence-corrected chi connectivity index (χ0v) is 17.4. The molecule has 2 saturated heterocycles. The lowest BCUT2D eigenvalue weighted by Gasteiger charge is -2.35. The summed E-state index contributed by atoms with van der Waals surface area (Å²) in [7, 11) is 0. The number of guanidine groups is 1. The number of nitrogens with zero attached hydrogens (tertiary/aromatic N) is 2. The van der Waals surface area contributed by atoms with Crippen molar-refractivity contribution in [3.63, 3.8) is 0 Å². The number of likely N-dealkylation sites (tertiary alicyclic amines) is 1. The second-order valence-corrected chi connectivity index (χ2v) is 7.83. The fourth-order valence-corrected chi connectivity index (χ4v) is 3.96. The fourth-order valence-electron chi connectivity index (χ4n) is 3.96. The molecule has 5 nitrogen and oxygen atoms in total. The number of piperidine rings is 1. The summed E-state index contributed by atoms with van der Waals surface area (Å²) in [6, 6.07) is 10.7. The van der Waals surface area contributed by atoms with Crippen LogP contribution in [0.1, 0.15) is 51.0 Å². The molecule has 0 aromatic heterocycles. The predicted molar refractivity (Wildman–Crippen MR) is 115 cm³/mol. The first-order chi connectivity index (χ1) is 13.8. The predicted octanol–water partition coefficient (Wildman–Crippen LogP) is 3.63. The molecule has 2 fully saturated rings. The van der Waals surface area contributed by atoms with Crippen molar-refractivity contribution in [3.8, 4) is 0 Å². The van der Waals surface area contributed by atoms with E-state index in [0.717, 1.165) is 77.5 Å². The Balaban J connectivity index is 1.38. The molecule has 0 aliphatic carbocycles. The molecule has 156 valence electrons. The summed E-state index contributed by atoms with van der Waals surface area (Å²) in [5.74, 6) is 1.06. The SMILES string of the molecule is CCNC(=NCCCc1ccccc1)N1CCC(OCC2CCCCO2)CC1. The van der Waals surface area contributed by atoms with E-state index in [9.17, 15) is 0 Å². The molecule has 2 aliphatic heterocycles. The first kappa shape index (κ1) is 21.1. The van der Waals surface area contributed by atoms with Gasteiger partial charge < -0.3 is 19.7 Å². The van der Waals surface area contributed by atoms with Crippen LogP contribution < -0.4 is 5.32 Å². The van der Waals surface area contributed by atoms with Crippen molar-refractivity contribution in [2.24, 2.45) is 4.99 Å². The lowest BCUT2D eigenvalue weighted by molar-refractivity contribution is -0.0721. The van der Waals surface area contributed by atoms with Crippen molar-refractivity contribution in [2.45, 2.75) is 64.1 Å². The van der Waals surface area contributed by atoms with Crippen molar-refractivity contribution < 1.29 is 9.47 Å². The second kappa shape index (κ2) is 12.1. The van der Waals surface area contributed by atoms with Crippen LogP contribution in [0.15, 0.2) is 35.3 Å². The summed E-state index contributed by atoms with van der Waals surface area (Å²) in [5.41, 5.74) is 1.39. The third-order valence-electron chi connectivity index (χ3n) is 5.60. The van der Waals surface area contributed by atoms with Crippen molar-refractivity contribution in [1.82, 2.24) is 10.2 Å². The molecule has 2 aliphatic rings. The molecule has 3 rings (SSSR count). The topological polar surface area (TPSA) is 46.1 Å². The smallest absolute Gasteiger partial charge is 0.193 e. The number of hydrogen-bond donors (Lipinski definition) is 1. The highest BCUT2D eigenvalue weighted by atomic mass is 16.5. The van der Waals surface area contributed by atoms with E-state index in [1.54, 1.807) is 0 Å². The van der Waals surface area contributed by atoms with Crippen LogP contribution in [-0.2, 0) is 15.9 Å². The van der Waals surface area contributed by atoms with E-state index in [4.69, 9.17) is 14.5 Å². The number of aryl methyl sites for hydroxylation is 1. The summed E-state index contributed by atoms with van der Waals surface area (Å²) in [4.78, 5) is 7.26. The fraction of sp³-hybridized carbons (Fsp3) is 0.696. The summed E-state index contributed by atoms with van der Waals surface area (Å²) < 4.78 is 11.9. The maximum atomic E-state index is 6.15. The van der Waals surface area contributed by atoms with Gasteiger partial charge in [0.15, 0.2) is 5.96 Å². The normalized spacial score (nSPS) is 21.7. The quantitative estimate of drug-likeness (QED) is 0.420. The van der Waals surface area contributed by atoms with Gasteiger partial charge in [-0.05, 0) is 57.4 Å². The highest BCUT2D eigenvalue weighted by Gasteiger charge is 2.23. The summed E-state index contributed by atoms with van der Waals surface area (Å²) >= 11 is 0. The van der Waals surface area contributed by atoms with Crippen molar-refractivity contribution >= 4 is 5.96 Å². The Morgan fingerprint density at radius 3 is 2.71 bits per heavy atom. The van der Waals surface area contributed by atoms with Crippen molar-refractivity contribution in [3.05, 3.63) is 35.9 Å². The molecule has 0 bridgehead atoms. The molecule has 0 spiro atoms. The van der Waals surface area contributed by atoms with Gasteiger partial charge in [-0.1, -0.05) is 30.3 Å². The van der Waals surface area contributed by atoms with Crippen molar-refractivity contribution in [2.75, 3.05) is 39.4 Å². The van der Waals surface area contributed by atoms with Gasteiger partial charge >= 0.3 is 0 Å². The van der Waals surface area contributed by atoms with Gasteiger partial charge in [0.1, 0.15) is 0 Å². The zero-order valence-electron chi connectivity index (χ0n) is 17.4. The van der Waals surface area contributed by atoms with Crippen LogP contribution >= 0.6 is 0 Å². The van der Waals surface area contributed by atoms with Crippen LogP contribution in [0.3, 0.4) is 0 Å². The average Bonchev–Trinajstić information content (AvgIpc) is 2.76. The molecular weight excluding hydrogens is 350 g/mol. The maximum Gasteiger partial charge on any atom is 0.193 e. The number of hydrogen-bond acceptors (Lipinski definition) is 3. The molecule has 0 radical (unpaired) electrons. The Morgan fingerprint density at radius 2 is 2.00 bits per heavy atom. The number of benzene rings is 1. The first-order valence-corrected chi connectivity index (χ1v) is 11.2. The third-order valence-corrected chi connectivity index (χ3v) is 5.60. The maximum absolute atomic E-state index is 6.15. The molecule has 1 atom stereocenters. The molecule has 5 heteroatoms. The highest BCUT2D eigenvalue weighted by Crippen LogP contribution is 2.18. The zero-order chi connectivity index (χ0) is 19.4. The van der Waals surface area contributed by atoms with Crippen LogP contribution in [0.25, 0.3) is 0 Å². The van der Waals surface area contributed by atoms with Gasteiger partial charge in [-0.3, -0.25) is 4.99 Å². The van der Waals surface area contributed by atoms with Crippen LogP contribution in [0, 0.1) is 0 Å². The van der Waals surface area contributed by atoms with E-state index in [-0.39, 0.29) is 0 Å². The van der Waals surface area contributed by atoms with Gasteiger partial charge in [0.2, 0.25) is 0 Å². The minimum atomic E-state index is 0.315. The standard InChI is InChI=1S/C23H37N3O2/c1-2-24-23(25-15-8-11-20-9-4-3-5-10-20)26-16-13-21(14-17-26)28-19-22-12-6-7-18-27-22/h3-5,9-10,21-22H,2,6-8,11-19H2,1H3,(H,24,25). The van der Waals surface area contributed by atoms with Crippen molar-refractivity contribution in [1.29, 1.82) is 0 Å². The van der Waals surface area contributed by atoms with Gasteiger partial charge in [-0.15, -0.1) is 0 Å². The molecule has 1 aromatic rings. The number of nitrogens with one attached hydrogen (secondary N) is 1. The Kier molecular flexibility index (Phi) is 9.11. The number of aliphatic imine (C=N–C) groups is 1. The summed E-state index contributed by atoms with van der Waals surface area (Å²) in [6.45, 7) is 7.61. The van der Waals surface area contributed by atoms with Gasteiger partial charge in [0.05, 0.1) is 18.8 Å². The van der Waals surface area contributed by atoms with Crippen LogP contribution in [0.5, 0.6) is 0 Å². The van der Waals surface area contributed by atoms with E-state index < -0.39 is 0 Å². The Bertz CT molecular complexity index is 564. The molecule has 0 amide bonds. The molecular formula is C23H37N3O2. The number of rotatable bonds is 8. The van der Waals surface area contributed by atoms with E-state index in [1.807, 2.05) is 0 Å². The third kappa shape index (κ3) is 7.10. The highest BCUT2D eigenvalue weighted by molar-refractivity contribution is 5.80. The van der Waals surface area contributed by atoms with Gasteiger partial charge in [-0.2, -0.15) is 0 Å². The lowest BCUT2D eigenvalue weighted by atomic mass is 10.1. The van der Waals surface area contributed by atoms with Gasteiger partial charge in [0, 0.05) is 32.8 Å². The first-order valence-electron chi connectivity index (χ1n) is 11.2. The van der Waals surface area contributed by atoms with Gasteiger partial charge in [-0.25, -0.2) is 0 Å². The minimum Gasteiger partial charge on any atom is -0.376 e. The van der Waals surface area contributed by atoms with E-state index in [0.29, 0.717) is 12.2 Å². The Morgan fingerprint density at radius 1 is 1.18 bits per heavy atom. The van der Waals surface area contributed by atoms with E-state index >= 15 is 0 Å². The van der Waals surface area contributed by atoms with Crippen LogP contribution in [0.2, 0.25) is 0 Å². The minimum absolute atomic E-state index is 0.315. The van der Waals surface area contributed by atoms with Crippen LogP contribution in [0.4, 0.5) is 0 Å². The van der Waals surface area contributed by atoms with E-state index in [1.165, 1.54) is 18.4 Å². The average molecular weight is 388 g/mol. The second-order valence-electron chi connectivity index (χ2n) is 7.83. The van der Waals surface area contributed by atoms with Gasteiger partial charge in [0.25, 0.3) is 0 Å².